The van der Waals surface area contributed by atoms with Gasteiger partial charge in [0.25, 0.3) is 0 Å². The first-order valence-electron chi connectivity index (χ1n) is 19.0. The molecule has 1 heterocycles. The molecule has 2 nitrogen and oxygen atoms in total. The molecule has 0 fully saturated rings. The smallest absolute Gasteiger partial charge is 0.0541 e. The SMILES string of the molecule is CC1(C)c2ccccc2C2=CC=C(N(c3ccc(-c4ccccc4)cc3)c3ccc(-c4ccc5c(c4)c4ccccc4n5C4=CCCC=C4)cc3)CC21. The second-order valence-electron chi connectivity index (χ2n) is 15.3. The van der Waals surface area contributed by atoms with Crippen molar-refractivity contribution in [2.24, 2.45) is 5.92 Å². The van der Waals surface area contributed by atoms with Crippen molar-refractivity contribution in [3.8, 4) is 22.3 Å². The van der Waals surface area contributed by atoms with E-state index < -0.39 is 0 Å². The second kappa shape index (κ2) is 12.5. The molecule has 1 atom stereocenters. The van der Waals surface area contributed by atoms with Crippen LogP contribution in [0.25, 0.3) is 55.3 Å². The number of anilines is 2. The monoisotopic (exact) mass is 682 g/mol. The van der Waals surface area contributed by atoms with Crippen molar-refractivity contribution in [3.63, 3.8) is 0 Å². The van der Waals surface area contributed by atoms with Crippen molar-refractivity contribution in [1.29, 1.82) is 0 Å². The molecule has 0 saturated heterocycles. The van der Waals surface area contributed by atoms with Gasteiger partial charge in [0.15, 0.2) is 0 Å². The van der Waals surface area contributed by atoms with Crippen molar-refractivity contribution in [3.05, 3.63) is 193 Å². The van der Waals surface area contributed by atoms with Gasteiger partial charge in [-0.15, -0.1) is 0 Å². The Morgan fingerprint density at radius 1 is 0.585 bits per heavy atom. The van der Waals surface area contributed by atoms with E-state index >= 15 is 0 Å². The molecule has 7 aromatic rings. The lowest BCUT2D eigenvalue weighted by molar-refractivity contribution is 0.406. The van der Waals surface area contributed by atoms with Crippen LogP contribution in [0, 0.1) is 5.92 Å². The Kier molecular flexibility index (Phi) is 7.47. The van der Waals surface area contributed by atoms with Crippen LogP contribution in [0.4, 0.5) is 11.4 Å². The first-order valence-corrected chi connectivity index (χ1v) is 19.0. The first kappa shape index (κ1) is 31.6. The van der Waals surface area contributed by atoms with E-state index in [1.807, 2.05) is 0 Å². The molecule has 3 aliphatic rings. The standard InChI is InChI=1S/C51H42N2/c1-51(2)47-19-11-9-17-43(47)44-31-30-42(34-48(44)51)52(40-26-21-36(22-27-40)35-13-5-3-6-14-35)41-28-23-37(24-29-41)38-25-32-50-46(33-38)45-18-10-12-20-49(45)53(50)39-15-7-4-8-16-39/h3,5-7,9-33,48H,4,8,34H2,1-2H3. The number of nitrogens with zero attached hydrogens (tertiary/aromatic N) is 2. The molecule has 0 bridgehead atoms. The minimum absolute atomic E-state index is 0.0558. The van der Waals surface area contributed by atoms with Crippen LogP contribution in [0.2, 0.25) is 0 Å². The number of benzene rings is 6. The Hall–Kier alpha value is -6.12. The van der Waals surface area contributed by atoms with E-state index in [-0.39, 0.29) is 5.41 Å². The largest absolute Gasteiger partial charge is 0.314 e. The van der Waals surface area contributed by atoms with Gasteiger partial charge in [0.05, 0.1) is 11.0 Å². The number of para-hydroxylation sites is 1. The van der Waals surface area contributed by atoms with E-state index in [9.17, 15) is 0 Å². The summed E-state index contributed by atoms with van der Waals surface area (Å²) in [6.07, 6.45) is 14.8. The molecule has 0 saturated carbocycles. The molecule has 0 N–H and O–H groups in total. The molecule has 0 aliphatic heterocycles. The van der Waals surface area contributed by atoms with Crippen LogP contribution in [0.5, 0.6) is 0 Å². The quantitative estimate of drug-likeness (QED) is 0.169. The zero-order valence-corrected chi connectivity index (χ0v) is 30.3. The summed E-state index contributed by atoms with van der Waals surface area (Å²) >= 11 is 0. The molecule has 0 amide bonds. The van der Waals surface area contributed by atoms with Crippen LogP contribution in [0.1, 0.15) is 44.2 Å². The van der Waals surface area contributed by atoms with Gasteiger partial charge in [-0.2, -0.15) is 0 Å². The summed E-state index contributed by atoms with van der Waals surface area (Å²) in [5.41, 5.74) is 16.7. The highest BCUT2D eigenvalue weighted by Crippen LogP contribution is 2.54. The number of rotatable bonds is 6. The fourth-order valence-electron chi connectivity index (χ4n) is 9.17. The van der Waals surface area contributed by atoms with Crippen molar-refractivity contribution in [2.75, 3.05) is 4.90 Å². The Balaban J connectivity index is 1.04. The van der Waals surface area contributed by atoms with Gasteiger partial charge < -0.3 is 9.47 Å². The fourth-order valence-corrected chi connectivity index (χ4v) is 9.17. The molecule has 3 aliphatic carbocycles. The molecule has 53 heavy (non-hydrogen) atoms. The Morgan fingerprint density at radius 3 is 1.98 bits per heavy atom. The van der Waals surface area contributed by atoms with Crippen LogP contribution in [0.3, 0.4) is 0 Å². The number of hydrogen-bond donors (Lipinski definition) is 0. The lowest BCUT2D eigenvalue weighted by atomic mass is 9.74. The predicted molar refractivity (Wildman–Crippen MR) is 225 cm³/mol. The summed E-state index contributed by atoms with van der Waals surface area (Å²) in [7, 11) is 0. The number of allylic oxidation sites excluding steroid dienone is 8. The molecule has 0 spiro atoms. The minimum atomic E-state index is 0.0558. The normalized spacial score (nSPS) is 17.2. The van der Waals surface area contributed by atoms with E-state index in [1.165, 1.54) is 83.5 Å². The number of fused-ring (bicyclic) bond motifs is 6. The van der Waals surface area contributed by atoms with Crippen LogP contribution < -0.4 is 4.90 Å². The van der Waals surface area contributed by atoms with Crippen molar-refractivity contribution in [2.45, 2.75) is 38.5 Å². The first-order chi connectivity index (χ1) is 26.0. The van der Waals surface area contributed by atoms with Gasteiger partial charge in [0.1, 0.15) is 0 Å². The van der Waals surface area contributed by atoms with E-state index in [2.05, 4.69) is 199 Å². The van der Waals surface area contributed by atoms with Crippen LogP contribution in [0.15, 0.2) is 182 Å². The van der Waals surface area contributed by atoms with Crippen molar-refractivity contribution in [1.82, 2.24) is 4.57 Å². The maximum atomic E-state index is 2.48. The van der Waals surface area contributed by atoms with Gasteiger partial charge in [0, 0.05) is 33.5 Å². The Labute approximate surface area is 312 Å². The zero-order valence-electron chi connectivity index (χ0n) is 30.3. The van der Waals surface area contributed by atoms with Gasteiger partial charge >= 0.3 is 0 Å². The molecule has 6 aromatic carbocycles. The van der Waals surface area contributed by atoms with Gasteiger partial charge in [0.2, 0.25) is 0 Å². The highest BCUT2D eigenvalue weighted by molar-refractivity contribution is 6.11. The molecule has 256 valence electrons. The second-order valence-corrected chi connectivity index (χ2v) is 15.3. The molecule has 10 rings (SSSR count). The van der Waals surface area contributed by atoms with Crippen LogP contribution in [-0.4, -0.2) is 4.57 Å². The topological polar surface area (TPSA) is 8.17 Å². The summed E-state index contributed by atoms with van der Waals surface area (Å²) in [5, 5.41) is 2.58. The van der Waals surface area contributed by atoms with Crippen LogP contribution in [-0.2, 0) is 5.41 Å². The molecule has 2 heteroatoms. The number of hydrogen-bond acceptors (Lipinski definition) is 1. The third kappa shape index (κ3) is 5.24. The predicted octanol–water partition coefficient (Wildman–Crippen LogP) is 13.7. The molecule has 0 radical (unpaired) electrons. The van der Waals surface area contributed by atoms with E-state index in [0.717, 1.165) is 19.3 Å². The van der Waals surface area contributed by atoms with Gasteiger partial charge in [-0.1, -0.05) is 135 Å². The summed E-state index contributed by atoms with van der Waals surface area (Å²) in [4.78, 5) is 2.48. The minimum Gasteiger partial charge on any atom is -0.314 e. The van der Waals surface area contributed by atoms with Crippen molar-refractivity contribution >= 4 is 44.5 Å². The van der Waals surface area contributed by atoms with E-state index in [0.29, 0.717) is 5.92 Å². The Morgan fingerprint density at radius 2 is 1.23 bits per heavy atom. The summed E-state index contributed by atoms with van der Waals surface area (Å²) in [5.74, 6) is 0.416. The van der Waals surface area contributed by atoms with Gasteiger partial charge in [-0.25, -0.2) is 0 Å². The van der Waals surface area contributed by atoms with Crippen LogP contribution >= 0.6 is 0 Å². The highest BCUT2D eigenvalue weighted by atomic mass is 15.1. The molecule has 1 aromatic heterocycles. The van der Waals surface area contributed by atoms with E-state index in [4.69, 9.17) is 0 Å². The average molecular weight is 683 g/mol. The highest BCUT2D eigenvalue weighted by Gasteiger charge is 2.44. The van der Waals surface area contributed by atoms with Crippen molar-refractivity contribution < 1.29 is 0 Å². The Bertz CT molecular complexity index is 2640. The summed E-state index contributed by atoms with van der Waals surface area (Å²) < 4.78 is 2.43. The molecular formula is C51H42N2. The maximum absolute atomic E-state index is 2.48. The summed E-state index contributed by atoms with van der Waals surface area (Å²) in [6, 6.07) is 53.7. The maximum Gasteiger partial charge on any atom is 0.0541 e. The third-order valence-electron chi connectivity index (χ3n) is 11.9. The van der Waals surface area contributed by atoms with E-state index in [1.54, 1.807) is 0 Å². The van der Waals surface area contributed by atoms with Gasteiger partial charge in [-0.05, 0) is 124 Å². The van der Waals surface area contributed by atoms with Gasteiger partial charge in [-0.3, -0.25) is 0 Å². The average Bonchev–Trinajstić information content (AvgIpc) is 3.67. The number of aromatic nitrogens is 1. The summed E-state index contributed by atoms with van der Waals surface area (Å²) in [6.45, 7) is 4.84. The lowest BCUT2D eigenvalue weighted by Crippen LogP contribution is -2.28. The molecule has 1 unspecified atom stereocenters. The fraction of sp³-hybridized carbons (Fsp3) is 0.137. The lowest BCUT2D eigenvalue weighted by Gasteiger charge is -2.36. The third-order valence-corrected chi connectivity index (χ3v) is 11.9. The zero-order chi connectivity index (χ0) is 35.5. The molecular weight excluding hydrogens is 641 g/mol.